The number of carbonyl (C=O) groups is 2. The van der Waals surface area contributed by atoms with Gasteiger partial charge in [0, 0.05) is 12.1 Å². The molecule has 8 heteroatoms. The second-order valence-electron chi connectivity index (χ2n) is 7.98. The van der Waals surface area contributed by atoms with E-state index in [0.29, 0.717) is 5.56 Å². The number of benzene rings is 2. The lowest BCUT2D eigenvalue weighted by atomic mass is 10.0. The minimum Gasteiger partial charge on any atom is -0.452 e. The summed E-state index contributed by atoms with van der Waals surface area (Å²) in [6.45, 7) is 8.90. The number of non-ortho nitro benzene ring substituents is 1. The van der Waals surface area contributed by atoms with Crippen molar-refractivity contribution < 1.29 is 24.0 Å². The molecule has 1 N–H and O–H groups in total. The third-order valence-corrected chi connectivity index (χ3v) is 4.15. The van der Waals surface area contributed by atoms with Crippen LogP contribution in [0.5, 0.6) is 0 Å². The molecule has 0 saturated heterocycles. The molecule has 0 bridgehead atoms. The van der Waals surface area contributed by atoms with Gasteiger partial charge >= 0.3 is 12.1 Å². The van der Waals surface area contributed by atoms with E-state index in [9.17, 15) is 19.7 Å². The molecule has 8 nitrogen and oxygen atoms in total. The Kier molecular flexibility index (Phi) is 7.15. The number of nitro groups is 1. The van der Waals surface area contributed by atoms with Crippen molar-refractivity contribution in [3.05, 3.63) is 75.3 Å². The van der Waals surface area contributed by atoms with Gasteiger partial charge in [0.2, 0.25) is 0 Å². The van der Waals surface area contributed by atoms with E-state index in [4.69, 9.17) is 9.47 Å². The van der Waals surface area contributed by atoms with Crippen molar-refractivity contribution in [1.82, 2.24) is 5.32 Å². The van der Waals surface area contributed by atoms with Gasteiger partial charge in [-0.1, -0.05) is 29.8 Å². The summed E-state index contributed by atoms with van der Waals surface area (Å²) in [5.74, 6) is -0.659. The highest BCUT2D eigenvalue weighted by atomic mass is 16.6. The lowest BCUT2D eigenvalue weighted by molar-refractivity contribution is -0.384. The molecule has 2 unspecified atom stereocenters. The van der Waals surface area contributed by atoms with Crippen LogP contribution in [0.25, 0.3) is 0 Å². The van der Waals surface area contributed by atoms with Crippen molar-refractivity contribution in [2.75, 3.05) is 0 Å². The van der Waals surface area contributed by atoms with E-state index < -0.39 is 34.7 Å². The maximum absolute atomic E-state index is 12.7. The van der Waals surface area contributed by atoms with Crippen LogP contribution < -0.4 is 5.32 Å². The Morgan fingerprint density at radius 1 is 1.03 bits per heavy atom. The molecule has 2 aromatic rings. The zero-order chi connectivity index (χ0) is 22.5. The van der Waals surface area contributed by atoms with E-state index in [1.54, 1.807) is 27.7 Å². The smallest absolute Gasteiger partial charge is 0.408 e. The number of ether oxygens (including phenoxy) is 2. The van der Waals surface area contributed by atoms with Crippen molar-refractivity contribution in [1.29, 1.82) is 0 Å². The molecule has 0 aliphatic heterocycles. The summed E-state index contributed by atoms with van der Waals surface area (Å²) >= 11 is 0. The highest BCUT2D eigenvalue weighted by Gasteiger charge is 2.27. The Hall–Kier alpha value is -3.42. The van der Waals surface area contributed by atoms with Gasteiger partial charge in [0.05, 0.1) is 16.5 Å². The van der Waals surface area contributed by atoms with E-state index in [0.717, 1.165) is 5.56 Å². The van der Waals surface area contributed by atoms with Gasteiger partial charge in [-0.15, -0.1) is 0 Å². The van der Waals surface area contributed by atoms with Gasteiger partial charge in [0.25, 0.3) is 5.69 Å². The molecular weight excluding hydrogens is 388 g/mol. The lowest BCUT2D eigenvalue weighted by Crippen LogP contribution is -2.41. The molecule has 0 aliphatic carbocycles. The van der Waals surface area contributed by atoms with Crippen molar-refractivity contribution in [2.24, 2.45) is 0 Å². The number of alkyl carbamates (subject to hydrolysis) is 1. The van der Waals surface area contributed by atoms with Crippen LogP contribution >= 0.6 is 0 Å². The van der Waals surface area contributed by atoms with E-state index in [-0.39, 0.29) is 11.3 Å². The standard InChI is InChI=1S/C22H26N2O6/c1-14-6-8-16(9-7-14)19(15(2)23-21(26)30-22(3,4)5)29-20(25)17-10-12-18(13-11-17)24(27)28/h6-13,15,19H,1-5H3,(H,23,26). The maximum atomic E-state index is 12.7. The van der Waals surface area contributed by atoms with Crippen LogP contribution in [0.1, 0.15) is 55.3 Å². The molecule has 0 aliphatic rings. The molecule has 0 aromatic heterocycles. The highest BCUT2D eigenvalue weighted by Crippen LogP contribution is 2.25. The van der Waals surface area contributed by atoms with Crippen LogP contribution in [0.4, 0.5) is 10.5 Å². The highest BCUT2D eigenvalue weighted by molar-refractivity contribution is 5.89. The Morgan fingerprint density at radius 3 is 2.10 bits per heavy atom. The molecule has 160 valence electrons. The molecule has 0 fully saturated rings. The average Bonchev–Trinajstić information content (AvgIpc) is 2.65. The zero-order valence-corrected chi connectivity index (χ0v) is 17.7. The van der Waals surface area contributed by atoms with Gasteiger partial charge in [-0.25, -0.2) is 9.59 Å². The lowest BCUT2D eigenvalue weighted by Gasteiger charge is -2.27. The fourth-order valence-corrected chi connectivity index (χ4v) is 2.69. The summed E-state index contributed by atoms with van der Waals surface area (Å²) in [5.41, 5.74) is 1.11. The van der Waals surface area contributed by atoms with Gasteiger partial charge in [0.1, 0.15) is 11.7 Å². The zero-order valence-electron chi connectivity index (χ0n) is 17.7. The van der Waals surface area contributed by atoms with Crippen LogP contribution in [-0.4, -0.2) is 28.6 Å². The molecule has 2 rings (SSSR count). The summed E-state index contributed by atoms with van der Waals surface area (Å²) in [5, 5.41) is 13.5. The monoisotopic (exact) mass is 414 g/mol. The quantitative estimate of drug-likeness (QED) is 0.416. The van der Waals surface area contributed by atoms with Gasteiger partial charge in [-0.05, 0) is 52.3 Å². The van der Waals surface area contributed by atoms with Crippen molar-refractivity contribution in [2.45, 2.75) is 52.4 Å². The number of hydrogen-bond donors (Lipinski definition) is 1. The number of aryl methyl sites for hydroxylation is 1. The fraction of sp³-hybridized carbons (Fsp3) is 0.364. The molecular formula is C22H26N2O6. The largest absolute Gasteiger partial charge is 0.452 e. The second kappa shape index (κ2) is 9.39. The van der Waals surface area contributed by atoms with Crippen molar-refractivity contribution in [3.63, 3.8) is 0 Å². The van der Waals surface area contributed by atoms with Crippen LogP contribution in [0, 0.1) is 17.0 Å². The maximum Gasteiger partial charge on any atom is 0.408 e. The fourth-order valence-electron chi connectivity index (χ4n) is 2.69. The van der Waals surface area contributed by atoms with Crippen LogP contribution in [0.15, 0.2) is 48.5 Å². The number of nitrogens with zero attached hydrogens (tertiary/aromatic N) is 1. The molecule has 2 aromatic carbocycles. The first kappa shape index (κ1) is 22.9. The molecule has 1 amide bonds. The average molecular weight is 414 g/mol. The van der Waals surface area contributed by atoms with E-state index in [1.807, 2.05) is 31.2 Å². The van der Waals surface area contributed by atoms with Crippen LogP contribution in [0.2, 0.25) is 0 Å². The number of nitrogens with one attached hydrogen (secondary N) is 1. The Labute approximate surface area is 175 Å². The number of hydrogen-bond acceptors (Lipinski definition) is 6. The molecule has 0 saturated carbocycles. The van der Waals surface area contributed by atoms with Gasteiger partial charge < -0.3 is 14.8 Å². The topological polar surface area (TPSA) is 108 Å². The van der Waals surface area contributed by atoms with E-state index >= 15 is 0 Å². The summed E-state index contributed by atoms with van der Waals surface area (Å²) in [6.07, 6.45) is -1.42. The summed E-state index contributed by atoms with van der Waals surface area (Å²) in [6, 6.07) is 11.9. The predicted octanol–water partition coefficient (Wildman–Crippen LogP) is 4.71. The van der Waals surface area contributed by atoms with Crippen LogP contribution in [-0.2, 0) is 9.47 Å². The third-order valence-electron chi connectivity index (χ3n) is 4.15. The Balaban J connectivity index is 2.22. The Bertz CT molecular complexity index is 901. The molecule has 2 atom stereocenters. The van der Waals surface area contributed by atoms with Crippen LogP contribution in [0.3, 0.4) is 0 Å². The van der Waals surface area contributed by atoms with Crippen molar-refractivity contribution in [3.8, 4) is 0 Å². The number of rotatable bonds is 6. The molecule has 0 radical (unpaired) electrons. The summed E-state index contributed by atoms with van der Waals surface area (Å²) in [7, 11) is 0. The van der Waals surface area contributed by atoms with E-state index in [2.05, 4.69) is 5.32 Å². The molecule has 30 heavy (non-hydrogen) atoms. The number of carbonyl (C=O) groups excluding carboxylic acids is 2. The minimum absolute atomic E-state index is 0.124. The predicted molar refractivity (Wildman–Crippen MR) is 111 cm³/mol. The summed E-state index contributed by atoms with van der Waals surface area (Å²) < 4.78 is 11.0. The number of amides is 1. The van der Waals surface area contributed by atoms with Gasteiger partial charge in [-0.2, -0.15) is 0 Å². The normalized spacial score (nSPS) is 13.1. The summed E-state index contributed by atoms with van der Waals surface area (Å²) in [4.78, 5) is 35.1. The molecule has 0 spiro atoms. The van der Waals surface area contributed by atoms with Gasteiger partial charge in [-0.3, -0.25) is 10.1 Å². The molecule has 0 heterocycles. The Morgan fingerprint density at radius 2 is 1.60 bits per heavy atom. The third kappa shape index (κ3) is 6.58. The number of nitro benzene ring substituents is 1. The first-order valence-electron chi connectivity index (χ1n) is 9.48. The first-order chi connectivity index (χ1) is 14.0. The second-order valence-corrected chi connectivity index (χ2v) is 7.98. The van der Waals surface area contributed by atoms with E-state index in [1.165, 1.54) is 24.3 Å². The minimum atomic E-state index is -0.791. The van der Waals surface area contributed by atoms with Gasteiger partial charge in [0.15, 0.2) is 0 Å². The first-order valence-corrected chi connectivity index (χ1v) is 9.48. The van der Waals surface area contributed by atoms with Crippen molar-refractivity contribution >= 4 is 17.7 Å². The number of esters is 1. The SMILES string of the molecule is Cc1ccc(C(OC(=O)c2ccc([N+](=O)[O-])cc2)C(C)NC(=O)OC(C)(C)C)cc1.